The van der Waals surface area contributed by atoms with Crippen molar-refractivity contribution in [3.63, 3.8) is 0 Å². The summed E-state index contributed by atoms with van der Waals surface area (Å²) in [5, 5.41) is 18.0. The highest BCUT2D eigenvalue weighted by Gasteiger charge is 2.38. The average Bonchev–Trinajstić information content (AvgIpc) is 2.75. The van der Waals surface area contributed by atoms with Gasteiger partial charge in [0, 0.05) is 25.6 Å². The van der Waals surface area contributed by atoms with Gasteiger partial charge >= 0.3 is 0 Å². The zero-order chi connectivity index (χ0) is 11.5. The second-order valence-electron chi connectivity index (χ2n) is 4.39. The molecule has 1 saturated heterocycles. The van der Waals surface area contributed by atoms with Crippen LogP contribution >= 0.6 is 0 Å². The van der Waals surface area contributed by atoms with Gasteiger partial charge in [-0.2, -0.15) is 5.26 Å². The fourth-order valence-electron chi connectivity index (χ4n) is 1.79. The highest BCUT2D eigenvalue weighted by Crippen LogP contribution is 2.26. The zero-order valence-corrected chi connectivity index (χ0v) is 9.36. The van der Waals surface area contributed by atoms with Crippen molar-refractivity contribution in [1.82, 2.24) is 4.90 Å². The molecule has 0 aromatic heterocycles. The number of aliphatic hydroxyl groups is 1. The number of amides is 1. The van der Waals surface area contributed by atoms with Gasteiger partial charge in [0.15, 0.2) is 0 Å². The largest absolute Gasteiger partial charge is 0.396 e. The third-order valence-corrected chi connectivity index (χ3v) is 3.26. The molecule has 1 N–H and O–H groups in total. The summed E-state index contributed by atoms with van der Waals surface area (Å²) in [5.41, 5.74) is -0.898. The molecule has 4 nitrogen and oxygen atoms in total. The van der Waals surface area contributed by atoms with Crippen LogP contribution in [0.25, 0.3) is 0 Å². The summed E-state index contributed by atoms with van der Waals surface area (Å²) in [7, 11) is 0. The molecule has 1 aliphatic rings. The van der Waals surface area contributed by atoms with Crippen LogP contribution < -0.4 is 0 Å². The number of nitriles is 1. The van der Waals surface area contributed by atoms with Crippen LogP contribution in [0, 0.1) is 22.7 Å². The standard InChI is InChI=1S/C11H18N2O2/c1-3-11(2,8-12)10(15)13-5-4-9(6-13)7-14/h9,14H,3-7H2,1-2H3. The fourth-order valence-corrected chi connectivity index (χ4v) is 1.79. The fraction of sp³-hybridized carbons (Fsp3) is 0.818. The highest BCUT2D eigenvalue weighted by molar-refractivity contribution is 5.85. The molecule has 4 heteroatoms. The maximum absolute atomic E-state index is 12.0. The van der Waals surface area contributed by atoms with Gasteiger partial charge in [-0.05, 0) is 19.8 Å². The Labute approximate surface area is 90.5 Å². The molecule has 0 aliphatic carbocycles. The molecule has 1 aliphatic heterocycles. The van der Waals surface area contributed by atoms with Gasteiger partial charge in [-0.25, -0.2) is 0 Å². The molecule has 0 saturated carbocycles. The summed E-state index contributed by atoms with van der Waals surface area (Å²) in [6.07, 6.45) is 1.37. The van der Waals surface area contributed by atoms with Crippen molar-refractivity contribution in [2.24, 2.45) is 11.3 Å². The van der Waals surface area contributed by atoms with Crippen LogP contribution in [0.1, 0.15) is 26.7 Å². The van der Waals surface area contributed by atoms with Gasteiger partial charge in [-0.3, -0.25) is 4.79 Å². The van der Waals surface area contributed by atoms with Crippen molar-refractivity contribution in [2.75, 3.05) is 19.7 Å². The molecule has 0 aromatic carbocycles. The maximum atomic E-state index is 12.0. The normalized spacial score (nSPS) is 24.7. The molecule has 1 heterocycles. The lowest BCUT2D eigenvalue weighted by atomic mass is 9.88. The van der Waals surface area contributed by atoms with Gasteiger partial charge in [-0.1, -0.05) is 6.92 Å². The minimum Gasteiger partial charge on any atom is -0.396 e. The molecule has 2 unspecified atom stereocenters. The van der Waals surface area contributed by atoms with Gasteiger partial charge in [-0.15, -0.1) is 0 Å². The van der Waals surface area contributed by atoms with E-state index in [-0.39, 0.29) is 18.4 Å². The lowest BCUT2D eigenvalue weighted by Crippen LogP contribution is -2.40. The van der Waals surface area contributed by atoms with Crippen LogP contribution in [0.3, 0.4) is 0 Å². The number of likely N-dealkylation sites (tertiary alicyclic amines) is 1. The van der Waals surface area contributed by atoms with E-state index in [2.05, 4.69) is 6.07 Å². The number of hydrogen-bond acceptors (Lipinski definition) is 3. The molecule has 0 aromatic rings. The van der Waals surface area contributed by atoms with Gasteiger partial charge in [0.1, 0.15) is 5.41 Å². The van der Waals surface area contributed by atoms with Crippen LogP contribution in [0.4, 0.5) is 0 Å². The topological polar surface area (TPSA) is 64.3 Å². The van der Waals surface area contributed by atoms with Crippen molar-refractivity contribution in [3.05, 3.63) is 0 Å². The summed E-state index contributed by atoms with van der Waals surface area (Å²) in [6.45, 7) is 4.91. The number of aliphatic hydroxyl groups excluding tert-OH is 1. The lowest BCUT2D eigenvalue weighted by molar-refractivity contribution is -0.137. The third-order valence-electron chi connectivity index (χ3n) is 3.26. The molecular weight excluding hydrogens is 192 g/mol. The quantitative estimate of drug-likeness (QED) is 0.748. The molecule has 0 spiro atoms. The molecule has 1 rings (SSSR count). The number of nitrogens with zero attached hydrogens (tertiary/aromatic N) is 2. The van der Waals surface area contributed by atoms with Crippen LogP contribution in [0.15, 0.2) is 0 Å². The van der Waals surface area contributed by atoms with E-state index in [0.717, 1.165) is 6.42 Å². The number of hydrogen-bond donors (Lipinski definition) is 1. The first-order valence-corrected chi connectivity index (χ1v) is 5.39. The van der Waals surface area contributed by atoms with Crippen molar-refractivity contribution in [3.8, 4) is 6.07 Å². The van der Waals surface area contributed by atoms with E-state index in [1.54, 1.807) is 11.8 Å². The zero-order valence-electron chi connectivity index (χ0n) is 9.36. The second kappa shape index (κ2) is 4.63. The number of rotatable bonds is 3. The third kappa shape index (κ3) is 2.29. The maximum Gasteiger partial charge on any atom is 0.242 e. The second-order valence-corrected chi connectivity index (χ2v) is 4.39. The molecule has 15 heavy (non-hydrogen) atoms. The van der Waals surface area contributed by atoms with E-state index >= 15 is 0 Å². The summed E-state index contributed by atoms with van der Waals surface area (Å²) in [4.78, 5) is 13.7. The van der Waals surface area contributed by atoms with Crippen LogP contribution in [0.2, 0.25) is 0 Å². The molecule has 0 bridgehead atoms. The van der Waals surface area contributed by atoms with E-state index < -0.39 is 5.41 Å². The van der Waals surface area contributed by atoms with E-state index in [4.69, 9.17) is 10.4 Å². The van der Waals surface area contributed by atoms with Crippen LogP contribution in [-0.2, 0) is 4.79 Å². The Morgan fingerprint density at radius 3 is 2.80 bits per heavy atom. The van der Waals surface area contributed by atoms with Crippen LogP contribution in [-0.4, -0.2) is 35.6 Å². The van der Waals surface area contributed by atoms with E-state index in [0.29, 0.717) is 19.5 Å². The Hall–Kier alpha value is -1.08. The Morgan fingerprint density at radius 1 is 1.73 bits per heavy atom. The van der Waals surface area contributed by atoms with Crippen molar-refractivity contribution in [2.45, 2.75) is 26.7 Å². The first-order chi connectivity index (χ1) is 7.07. The smallest absolute Gasteiger partial charge is 0.242 e. The van der Waals surface area contributed by atoms with E-state index in [9.17, 15) is 4.79 Å². The Bertz CT molecular complexity index is 285. The van der Waals surface area contributed by atoms with Crippen molar-refractivity contribution >= 4 is 5.91 Å². The predicted molar refractivity (Wildman–Crippen MR) is 55.8 cm³/mol. The molecule has 1 fully saturated rings. The van der Waals surface area contributed by atoms with E-state index in [1.807, 2.05) is 6.92 Å². The summed E-state index contributed by atoms with van der Waals surface area (Å²) in [6, 6.07) is 2.08. The number of carbonyl (C=O) groups excluding carboxylic acids is 1. The molecule has 84 valence electrons. The first kappa shape index (κ1) is 12.0. The van der Waals surface area contributed by atoms with Crippen LogP contribution in [0.5, 0.6) is 0 Å². The Morgan fingerprint density at radius 2 is 2.40 bits per heavy atom. The SMILES string of the molecule is CCC(C)(C#N)C(=O)N1CCC(CO)C1. The molecule has 0 radical (unpaired) electrons. The minimum atomic E-state index is -0.898. The summed E-state index contributed by atoms with van der Waals surface area (Å²) in [5.74, 6) is 0.0946. The minimum absolute atomic E-state index is 0.0940. The Kier molecular flexibility index (Phi) is 3.70. The number of carbonyl (C=O) groups is 1. The molecule has 1 amide bonds. The average molecular weight is 210 g/mol. The van der Waals surface area contributed by atoms with Gasteiger partial charge in [0.05, 0.1) is 6.07 Å². The first-order valence-electron chi connectivity index (χ1n) is 5.39. The van der Waals surface area contributed by atoms with Crippen molar-refractivity contribution in [1.29, 1.82) is 5.26 Å². The lowest BCUT2D eigenvalue weighted by Gasteiger charge is -2.25. The van der Waals surface area contributed by atoms with Gasteiger partial charge in [0.25, 0.3) is 0 Å². The van der Waals surface area contributed by atoms with E-state index in [1.165, 1.54) is 0 Å². The Balaban J connectivity index is 2.67. The van der Waals surface area contributed by atoms with Gasteiger partial charge < -0.3 is 10.0 Å². The highest BCUT2D eigenvalue weighted by atomic mass is 16.3. The van der Waals surface area contributed by atoms with Crippen molar-refractivity contribution < 1.29 is 9.90 Å². The monoisotopic (exact) mass is 210 g/mol. The summed E-state index contributed by atoms with van der Waals surface area (Å²) < 4.78 is 0. The molecular formula is C11H18N2O2. The summed E-state index contributed by atoms with van der Waals surface area (Å²) >= 11 is 0. The van der Waals surface area contributed by atoms with Gasteiger partial charge in [0.2, 0.25) is 5.91 Å². The predicted octanol–water partition coefficient (Wildman–Crippen LogP) is 0.767. The molecule has 2 atom stereocenters.